The largest absolute Gasteiger partial charge is 0.340 e. The number of anilines is 1. The third-order valence-electron chi connectivity index (χ3n) is 5.98. The lowest BCUT2D eigenvalue weighted by Crippen LogP contribution is -2.64. The summed E-state index contributed by atoms with van der Waals surface area (Å²) >= 11 is 0. The maximum atomic E-state index is 12.8. The van der Waals surface area contributed by atoms with Gasteiger partial charge in [-0.1, -0.05) is 32.0 Å². The van der Waals surface area contributed by atoms with Gasteiger partial charge in [0.1, 0.15) is 0 Å². The lowest BCUT2D eigenvalue weighted by atomic mass is 9.92. The highest BCUT2D eigenvalue weighted by atomic mass is 16.2. The first-order valence-corrected chi connectivity index (χ1v) is 9.36. The minimum atomic E-state index is -0.133. The van der Waals surface area contributed by atoms with Crippen LogP contribution in [0.5, 0.6) is 0 Å². The van der Waals surface area contributed by atoms with Crippen LogP contribution in [-0.2, 0) is 9.59 Å². The van der Waals surface area contributed by atoms with E-state index in [1.165, 1.54) is 0 Å². The first kappa shape index (κ1) is 17.9. The number of amides is 2. The van der Waals surface area contributed by atoms with Crippen LogP contribution in [0.15, 0.2) is 30.3 Å². The Morgan fingerprint density at radius 2 is 1.84 bits per heavy atom. The number of carbonyl (C=O) groups is 2. The fourth-order valence-electron chi connectivity index (χ4n) is 4.18. The second-order valence-corrected chi connectivity index (χ2v) is 7.42. The fourth-order valence-corrected chi connectivity index (χ4v) is 4.18. The van der Waals surface area contributed by atoms with Gasteiger partial charge in [0.15, 0.2) is 0 Å². The lowest BCUT2D eigenvalue weighted by molar-refractivity contribution is -0.135. The molecule has 1 aromatic rings. The third kappa shape index (κ3) is 3.30. The molecule has 3 rings (SSSR count). The number of hydrogen-bond acceptors (Lipinski definition) is 3. The fraction of sp³-hybridized carbons (Fsp3) is 0.600. The highest BCUT2D eigenvalue weighted by Crippen LogP contribution is 2.34. The Morgan fingerprint density at radius 1 is 1.16 bits per heavy atom. The number of rotatable bonds is 4. The SMILES string of the molecule is CCC(CC)C(=O)N1CC[C@]2(C1)CN(c1ccccc1)C(=O)CN2C. The van der Waals surface area contributed by atoms with Gasteiger partial charge in [-0.25, -0.2) is 0 Å². The summed E-state index contributed by atoms with van der Waals surface area (Å²) in [6, 6.07) is 9.86. The normalized spacial score (nSPS) is 24.6. The Bertz CT molecular complexity index is 629. The molecule has 0 saturated carbocycles. The molecule has 2 aliphatic heterocycles. The lowest BCUT2D eigenvalue weighted by Gasteiger charge is -2.46. The zero-order valence-corrected chi connectivity index (χ0v) is 15.6. The Kier molecular flexibility index (Phi) is 5.13. The monoisotopic (exact) mass is 343 g/mol. The van der Waals surface area contributed by atoms with Crippen molar-refractivity contribution in [3.63, 3.8) is 0 Å². The van der Waals surface area contributed by atoms with Crippen molar-refractivity contribution in [3.05, 3.63) is 30.3 Å². The molecule has 1 spiro atoms. The van der Waals surface area contributed by atoms with Crippen LogP contribution >= 0.6 is 0 Å². The van der Waals surface area contributed by atoms with Crippen LogP contribution in [0.4, 0.5) is 5.69 Å². The van der Waals surface area contributed by atoms with Gasteiger partial charge in [-0.15, -0.1) is 0 Å². The van der Waals surface area contributed by atoms with E-state index in [2.05, 4.69) is 18.7 Å². The van der Waals surface area contributed by atoms with Gasteiger partial charge in [-0.2, -0.15) is 0 Å². The van der Waals surface area contributed by atoms with Crippen LogP contribution in [0, 0.1) is 5.92 Å². The number of piperazine rings is 1. The third-order valence-corrected chi connectivity index (χ3v) is 5.98. The first-order chi connectivity index (χ1) is 12.0. The quantitative estimate of drug-likeness (QED) is 0.843. The van der Waals surface area contributed by atoms with E-state index in [0.717, 1.165) is 38.0 Å². The molecule has 2 heterocycles. The Balaban J connectivity index is 1.79. The molecule has 5 heteroatoms. The summed E-state index contributed by atoms with van der Waals surface area (Å²) in [6.45, 7) is 6.73. The summed E-state index contributed by atoms with van der Waals surface area (Å²) in [5.74, 6) is 0.526. The summed E-state index contributed by atoms with van der Waals surface area (Å²) in [6.07, 6.45) is 2.71. The van der Waals surface area contributed by atoms with Gasteiger partial charge in [-0.05, 0) is 38.4 Å². The first-order valence-electron chi connectivity index (χ1n) is 9.36. The molecular formula is C20H29N3O2. The van der Waals surface area contributed by atoms with Crippen molar-refractivity contribution in [2.45, 2.75) is 38.6 Å². The summed E-state index contributed by atoms with van der Waals surface area (Å²) < 4.78 is 0. The molecule has 0 bridgehead atoms. The van der Waals surface area contributed by atoms with Crippen molar-refractivity contribution in [1.29, 1.82) is 0 Å². The Morgan fingerprint density at radius 3 is 2.48 bits per heavy atom. The van der Waals surface area contributed by atoms with Gasteiger partial charge in [-0.3, -0.25) is 14.5 Å². The van der Waals surface area contributed by atoms with Crippen LogP contribution in [0.2, 0.25) is 0 Å². The molecular weight excluding hydrogens is 314 g/mol. The zero-order valence-electron chi connectivity index (χ0n) is 15.6. The number of nitrogens with zero attached hydrogens (tertiary/aromatic N) is 3. The molecule has 0 aliphatic carbocycles. The van der Waals surface area contributed by atoms with Crippen LogP contribution in [0.25, 0.3) is 0 Å². The molecule has 0 unspecified atom stereocenters. The molecule has 136 valence electrons. The van der Waals surface area contributed by atoms with E-state index in [9.17, 15) is 9.59 Å². The Hall–Kier alpha value is -1.88. The molecule has 2 fully saturated rings. The molecule has 1 aromatic carbocycles. The van der Waals surface area contributed by atoms with Crippen molar-refractivity contribution in [1.82, 2.24) is 9.80 Å². The van der Waals surface area contributed by atoms with Crippen molar-refractivity contribution >= 4 is 17.5 Å². The van der Waals surface area contributed by atoms with Crippen LogP contribution < -0.4 is 4.90 Å². The van der Waals surface area contributed by atoms with E-state index in [-0.39, 0.29) is 23.3 Å². The summed E-state index contributed by atoms with van der Waals surface area (Å²) in [4.78, 5) is 31.4. The van der Waals surface area contributed by atoms with E-state index >= 15 is 0 Å². The number of carbonyl (C=O) groups excluding carboxylic acids is 2. The van der Waals surface area contributed by atoms with Gasteiger partial charge in [0.2, 0.25) is 11.8 Å². The molecule has 2 saturated heterocycles. The molecule has 0 aromatic heterocycles. The minimum absolute atomic E-state index is 0.121. The zero-order chi connectivity index (χ0) is 18.0. The van der Waals surface area contributed by atoms with Crippen LogP contribution in [-0.4, -0.2) is 60.4 Å². The van der Waals surface area contributed by atoms with Crippen molar-refractivity contribution in [3.8, 4) is 0 Å². The van der Waals surface area contributed by atoms with Crippen LogP contribution in [0.3, 0.4) is 0 Å². The predicted octanol–water partition coefficient (Wildman–Crippen LogP) is 2.37. The van der Waals surface area contributed by atoms with Gasteiger partial charge >= 0.3 is 0 Å². The minimum Gasteiger partial charge on any atom is -0.340 e. The molecule has 2 amide bonds. The Labute approximate surface area is 150 Å². The van der Waals surface area contributed by atoms with Gasteiger partial charge in [0, 0.05) is 31.2 Å². The highest BCUT2D eigenvalue weighted by Gasteiger charge is 2.49. The topological polar surface area (TPSA) is 43.9 Å². The number of likely N-dealkylation sites (N-methyl/N-ethyl adjacent to an activating group) is 1. The predicted molar refractivity (Wildman–Crippen MR) is 99.4 cm³/mol. The second-order valence-electron chi connectivity index (χ2n) is 7.42. The number of para-hydroxylation sites is 1. The standard InChI is InChI=1S/C20H29N3O2/c1-4-16(5-2)19(25)22-12-11-20(14-22)15-23(18(24)13-21(20)3)17-9-7-6-8-10-17/h6-10,16H,4-5,11-15H2,1-3H3/t20-/m0/s1. The van der Waals surface area contributed by atoms with E-state index in [1.807, 2.05) is 47.2 Å². The summed E-state index contributed by atoms with van der Waals surface area (Å²) in [7, 11) is 2.02. The number of hydrogen-bond donors (Lipinski definition) is 0. The maximum absolute atomic E-state index is 12.8. The molecule has 0 N–H and O–H groups in total. The van der Waals surface area contributed by atoms with Crippen molar-refractivity contribution in [2.75, 3.05) is 38.1 Å². The van der Waals surface area contributed by atoms with Crippen molar-refractivity contribution < 1.29 is 9.59 Å². The average Bonchev–Trinajstić information content (AvgIpc) is 3.05. The number of benzene rings is 1. The van der Waals surface area contributed by atoms with E-state index < -0.39 is 0 Å². The van der Waals surface area contributed by atoms with Crippen molar-refractivity contribution in [2.24, 2.45) is 5.92 Å². The van der Waals surface area contributed by atoms with Gasteiger partial charge in [0.05, 0.1) is 12.1 Å². The summed E-state index contributed by atoms with van der Waals surface area (Å²) in [5.41, 5.74) is 0.815. The average molecular weight is 343 g/mol. The molecule has 25 heavy (non-hydrogen) atoms. The smallest absolute Gasteiger partial charge is 0.241 e. The molecule has 2 aliphatic rings. The van der Waals surface area contributed by atoms with Gasteiger partial charge < -0.3 is 9.80 Å². The van der Waals surface area contributed by atoms with Crippen LogP contribution in [0.1, 0.15) is 33.1 Å². The molecule has 0 radical (unpaired) electrons. The van der Waals surface area contributed by atoms with E-state index in [0.29, 0.717) is 13.1 Å². The highest BCUT2D eigenvalue weighted by molar-refractivity contribution is 5.96. The maximum Gasteiger partial charge on any atom is 0.241 e. The second kappa shape index (κ2) is 7.16. The van der Waals surface area contributed by atoms with E-state index in [4.69, 9.17) is 0 Å². The number of likely N-dealkylation sites (tertiary alicyclic amines) is 1. The molecule has 5 nitrogen and oxygen atoms in total. The molecule has 1 atom stereocenters. The van der Waals surface area contributed by atoms with Gasteiger partial charge in [0.25, 0.3) is 0 Å². The van der Waals surface area contributed by atoms with E-state index in [1.54, 1.807) is 0 Å². The summed E-state index contributed by atoms with van der Waals surface area (Å²) in [5, 5.41) is 0.